The Morgan fingerprint density at radius 3 is 2.25 bits per heavy atom. The van der Waals surface area contributed by atoms with Crippen molar-refractivity contribution < 1.29 is 17.5 Å². The number of aromatic nitrogens is 2. The summed E-state index contributed by atoms with van der Waals surface area (Å²) in [4.78, 5) is 11.3. The van der Waals surface area contributed by atoms with Crippen molar-refractivity contribution in [1.29, 1.82) is 0 Å². The Balaban J connectivity index is 1.45. The molecular weight excluding hydrogens is 433 g/mol. The van der Waals surface area contributed by atoms with Crippen LogP contribution in [-0.4, -0.2) is 56.0 Å². The second kappa shape index (κ2) is 9.09. The lowest BCUT2D eigenvalue weighted by Crippen LogP contribution is -2.49. The summed E-state index contributed by atoms with van der Waals surface area (Å²) < 4.78 is 45.6. The van der Waals surface area contributed by atoms with Crippen molar-refractivity contribution in [3.05, 3.63) is 66.1 Å². The molecule has 2 aromatic carbocycles. The van der Waals surface area contributed by atoms with E-state index < -0.39 is 10.0 Å². The Hall–Kier alpha value is -3.24. The van der Waals surface area contributed by atoms with Crippen LogP contribution in [0.1, 0.15) is 5.69 Å². The molecule has 0 spiro atoms. The van der Waals surface area contributed by atoms with E-state index in [-0.39, 0.29) is 10.7 Å². The molecule has 1 fully saturated rings. The molecule has 0 radical (unpaired) electrons. The van der Waals surface area contributed by atoms with Crippen LogP contribution in [0.4, 0.5) is 21.8 Å². The average molecular weight is 458 g/mol. The standard InChI is InChI=1S/C22H24FN5O3S/c1-16-15-21(25-18-5-3-17(23)4-6-18)26-22(24-16)27-11-13-28(14-12-27)32(29,30)20-9-7-19(31-2)8-10-20/h3-10,15H,11-14H2,1-2H3,(H,24,25,26). The Morgan fingerprint density at radius 2 is 1.62 bits per heavy atom. The lowest BCUT2D eigenvalue weighted by molar-refractivity contribution is 0.382. The summed E-state index contributed by atoms with van der Waals surface area (Å²) in [6, 6.07) is 14.2. The highest BCUT2D eigenvalue weighted by Crippen LogP contribution is 2.23. The lowest BCUT2D eigenvalue weighted by Gasteiger charge is -2.34. The van der Waals surface area contributed by atoms with Crippen LogP contribution in [-0.2, 0) is 10.0 Å². The zero-order valence-electron chi connectivity index (χ0n) is 17.8. The number of benzene rings is 2. The van der Waals surface area contributed by atoms with Crippen molar-refractivity contribution in [2.45, 2.75) is 11.8 Å². The molecule has 4 rings (SSSR count). The Kier molecular flexibility index (Phi) is 6.24. The van der Waals surface area contributed by atoms with Crippen LogP contribution < -0.4 is 15.0 Å². The minimum absolute atomic E-state index is 0.240. The van der Waals surface area contributed by atoms with Gasteiger partial charge in [-0.05, 0) is 55.5 Å². The number of piperazine rings is 1. The van der Waals surface area contributed by atoms with Crippen molar-refractivity contribution in [2.75, 3.05) is 43.5 Å². The summed E-state index contributed by atoms with van der Waals surface area (Å²) in [6.45, 7) is 3.45. The average Bonchev–Trinajstić information content (AvgIpc) is 2.80. The summed E-state index contributed by atoms with van der Waals surface area (Å²) in [5, 5.41) is 3.15. The van der Waals surface area contributed by atoms with E-state index >= 15 is 0 Å². The number of rotatable bonds is 6. The molecule has 2 heterocycles. The number of anilines is 3. The predicted molar refractivity (Wildman–Crippen MR) is 120 cm³/mol. The van der Waals surface area contributed by atoms with Gasteiger partial charge in [0.15, 0.2) is 0 Å². The molecule has 0 aliphatic carbocycles. The highest BCUT2D eigenvalue weighted by atomic mass is 32.2. The highest BCUT2D eigenvalue weighted by Gasteiger charge is 2.29. The van der Waals surface area contributed by atoms with E-state index in [1.54, 1.807) is 42.5 Å². The minimum Gasteiger partial charge on any atom is -0.497 e. The molecule has 1 aliphatic heterocycles. The smallest absolute Gasteiger partial charge is 0.243 e. The van der Waals surface area contributed by atoms with Gasteiger partial charge in [-0.2, -0.15) is 9.29 Å². The van der Waals surface area contributed by atoms with E-state index in [0.717, 1.165) is 5.69 Å². The van der Waals surface area contributed by atoms with Gasteiger partial charge in [-0.3, -0.25) is 0 Å². The molecule has 1 saturated heterocycles. The first-order chi connectivity index (χ1) is 15.3. The fourth-order valence-corrected chi connectivity index (χ4v) is 4.89. The fourth-order valence-electron chi connectivity index (χ4n) is 3.46. The lowest BCUT2D eigenvalue weighted by atomic mass is 10.3. The van der Waals surface area contributed by atoms with E-state index in [4.69, 9.17) is 4.74 Å². The maximum Gasteiger partial charge on any atom is 0.243 e. The van der Waals surface area contributed by atoms with Crippen LogP contribution in [0.15, 0.2) is 59.5 Å². The maximum atomic E-state index is 13.1. The third kappa shape index (κ3) is 4.81. The summed E-state index contributed by atoms with van der Waals surface area (Å²) in [6.07, 6.45) is 0. The predicted octanol–water partition coefficient (Wildman–Crippen LogP) is 3.19. The molecule has 1 aromatic heterocycles. The van der Waals surface area contributed by atoms with Gasteiger partial charge in [-0.1, -0.05) is 0 Å². The maximum absolute atomic E-state index is 13.1. The summed E-state index contributed by atoms with van der Waals surface area (Å²) >= 11 is 0. The molecule has 8 nitrogen and oxygen atoms in total. The van der Waals surface area contributed by atoms with Crippen LogP contribution in [0.3, 0.4) is 0 Å². The second-order valence-corrected chi connectivity index (χ2v) is 9.33. The Labute approximate surface area is 186 Å². The quantitative estimate of drug-likeness (QED) is 0.608. The normalized spacial score (nSPS) is 14.9. The first-order valence-corrected chi connectivity index (χ1v) is 11.6. The number of halogens is 1. The summed E-state index contributed by atoms with van der Waals surface area (Å²) in [5.74, 6) is 1.41. The zero-order valence-corrected chi connectivity index (χ0v) is 18.6. The van der Waals surface area contributed by atoms with Gasteiger partial charge in [0.05, 0.1) is 12.0 Å². The van der Waals surface area contributed by atoms with Gasteiger partial charge in [0.25, 0.3) is 0 Å². The summed E-state index contributed by atoms with van der Waals surface area (Å²) in [7, 11) is -2.05. The molecule has 3 aromatic rings. The number of ether oxygens (including phenoxy) is 1. The first-order valence-electron chi connectivity index (χ1n) is 10.1. The van der Waals surface area contributed by atoms with E-state index in [1.165, 1.54) is 23.5 Å². The van der Waals surface area contributed by atoms with Gasteiger partial charge >= 0.3 is 0 Å². The van der Waals surface area contributed by atoms with Gasteiger partial charge in [-0.15, -0.1) is 0 Å². The third-order valence-corrected chi connectivity index (χ3v) is 7.09. The molecule has 1 N–H and O–H groups in total. The van der Waals surface area contributed by atoms with Crippen molar-refractivity contribution in [3.8, 4) is 5.75 Å². The van der Waals surface area contributed by atoms with Crippen LogP contribution in [0, 0.1) is 12.7 Å². The Morgan fingerprint density at radius 1 is 0.969 bits per heavy atom. The highest BCUT2D eigenvalue weighted by molar-refractivity contribution is 7.89. The SMILES string of the molecule is COc1ccc(S(=O)(=O)N2CCN(c3nc(C)cc(Nc4ccc(F)cc4)n3)CC2)cc1. The first kappa shape index (κ1) is 22.0. The van der Waals surface area contributed by atoms with Gasteiger partial charge in [0, 0.05) is 43.6 Å². The second-order valence-electron chi connectivity index (χ2n) is 7.39. The number of aryl methyl sites for hydroxylation is 1. The zero-order chi connectivity index (χ0) is 22.7. The molecular formula is C22H24FN5O3S. The van der Waals surface area contributed by atoms with Crippen LogP contribution in [0.5, 0.6) is 5.75 Å². The third-order valence-electron chi connectivity index (χ3n) is 5.18. The molecule has 0 unspecified atom stereocenters. The molecule has 0 atom stereocenters. The molecule has 0 saturated carbocycles. The van der Waals surface area contributed by atoms with Gasteiger partial charge in [0.1, 0.15) is 17.4 Å². The van der Waals surface area contributed by atoms with Crippen molar-refractivity contribution in [3.63, 3.8) is 0 Å². The largest absolute Gasteiger partial charge is 0.497 e. The number of nitrogens with one attached hydrogen (secondary N) is 1. The van der Waals surface area contributed by atoms with Crippen molar-refractivity contribution in [1.82, 2.24) is 14.3 Å². The van der Waals surface area contributed by atoms with E-state index in [2.05, 4.69) is 15.3 Å². The molecule has 1 aliphatic rings. The van der Waals surface area contributed by atoms with Crippen LogP contribution >= 0.6 is 0 Å². The summed E-state index contributed by atoms with van der Waals surface area (Å²) in [5.41, 5.74) is 1.48. The van der Waals surface area contributed by atoms with E-state index in [9.17, 15) is 12.8 Å². The molecule has 0 amide bonds. The number of sulfonamides is 1. The number of hydrogen-bond acceptors (Lipinski definition) is 7. The van der Waals surface area contributed by atoms with E-state index in [1.807, 2.05) is 11.8 Å². The van der Waals surface area contributed by atoms with Gasteiger partial charge in [0.2, 0.25) is 16.0 Å². The molecule has 168 valence electrons. The fraction of sp³-hybridized carbons (Fsp3) is 0.273. The molecule has 32 heavy (non-hydrogen) atoms. The minimum atomic E-state index is -3.59. The van der Waals surface area contributed by atoms with Crippen molar-refractivity contribution >= 4 is 27.5 Å². The monoisotopic (exact) mass is 457 g/mol. The molecule has 0 bridgehead atoms. The van der Waals surface area contributed by atoms with Crippen LogP contribution in [0.2, 0.25) is 0 Å². The van der Waals surface area contributed by atoms with E-state index in [0.29, 0.717) is 49.4 Å². The molecule has 10 heteroatoms. The number of methoxy groups -OCH3 is 1. The number of hydrogen-bond donors (Lipinski definition) is 1. The van der Waals surface area contributed by atoms with Gasteiger partial charge in [-0.25, -0.2) is 17.8 Å². The van der Waals surface area contributed by atoms with Gasteiger partial charge < -0.3 is 15.0 Å². The topological polar surface area (TPSA) is 87.7 Å². The number of nitrogens with zero attached hydrogens (tertiary/aromatic N) is 4. The van der Waals surface area contributed by atoms with Crippen LogP contribution in [0.25, 0.3) is 0 Å². The van der Waals surface area contributed by atoms with Crippen molar-refractivity contribution in [2.24, 2.45) is 0 Å². The Bertz CT molecular complexity index is 1180.